The summed E-state index contributed by atoms with van der Waals surface area (Å²) in [5, 5.41) is 0. The molecule has 1 nitrogen and oxygen atoms in total. The van der Waals surface area contributed by atoms with Crippen molar-refractivity contribution >= 4 is 0 Å². The van der Waals surface area contributed by atoms with Crippen LogP contribution in [0, 0.1) is 0 Å². The second-order valence-corrected chi connectivity index (χ2v) is 3.38. The molecule has 0 aliphatic heterocycles. The van der Waals surface area contributed by atoms with Gasteiger partial charge < -0.3 is 4.90 Å². The van der Waals surface area contributed by atoms with Crippen LogP contribution in [0.5, 0.6) is 0 Å². The summed E-state index contributed by atoms with van der Waals surface area (Å²) in [6, 6.07) is 0. The Morgan fingerprint density at radius 3 is 2.64 bits per heavy atom. The van der Waals surface area contributed by atoms with Gasteiger partial charge in [-0.05, 0) is 38.8 Å². The van der Waals surface area contributed by atoms with E-state index in [0.717, 1.165) is 6.42 Å². The van der Waals surface area contributed by atoms with E-state index >= 15 is 0 Å². The number of rotatable bonds is 3. The zero-order chi connectivity index (χ0) is 10.4. The lowest BCUT2D eigenvalue weighted by Crippen LogP contribution is -2.15. The fourth-order valence-corrected chi connectivity index (χ4v) is 1.57. The number of allylic oxidation sites excluding steroid dienone is 6. The highest BCUT2D eigenvalue weighted by molar-refractivity contribution is 5.29. The Morgan fingerprint density at radius 2 is 2.14 bits per heavy atom. The van der Waals surface area contributed by atoms with E-state index < -0.39 is 0 Å². The van der Waals surface area contributed by atoms with Gasteiger partial charge >= 0.3 is 0 Å². The molecule has 14 heavy (non-hydrogen) atoms. The van der Waals surface area contributed by atoms with Gasteiger partial charge in [0.1, 0.15) is 0 Å². The Kier molecular flexibility index (Phi) is 4.24. The van der Waals surface area contributed by atoms with Crippen molar-refractivity contribution in [3.05, 3.63) is 47.9 Å². The monoisotopic (exact) mass is 189 g/mol. The molecule has 1 rings (SSSR count). The third-order valence-corrected chi connectivity index (χ3v) is 2.38. The van der Waals surface area contributed by atoms with Crippen LogP contribution in [0.4, 0.5) is 0 Å². The highest BCUT2D eigenvalue weighted by atomic mass is 15.1. The van der Waals surface area contributed by atoms with Gasteiger partial charge in [-0.25, -0.2) is 0 Å². The van der Waals surface area contributed by atoms with Gasteiger partial charge in [-0.3, -0.25) is 0 Å². The molecule has 0 spiro atoms. The van der Waals surface area contributed by atoms with E-state index in [1.807, 2.05) is 6.92 Å². The molecule has 0 fully saturated rings. The van der Waals surface area contributed by atoms with E-state index in [1.165, 1.54) is 17.8 Å². The molecule has 1 aliphatic carbocycles. The minimum atomic E-state index is 1.16. The number of likely N-dealkylation sites (N-methyl/N-ethyl adjacent to an activating group) is 1. The second kappa shape index (κ2) is 5.48. The van der Waals surface area contributed by atoms with Gasteiger partial charge in [-0.15, -0.1) is 0 Å². The van der Waals surface area contributed by atoms with Crippen LogP contribution in [0.1, 0.15) is 26.7 Å². The van der Waals surface area contributed by atoms with Gasteiger partial charge in [-0.2, -0.15) is 0 Å². The molecule has 0 N–H and O–H groups in total. The molecule has 0 unspecified atom stereocenters. The number of hydrogen-bond donors (Lipinski definition) is 0. The van der Waals surface area contributed by atoms with E-state index in [9.17, 15) is 0 Å². The van der Waals surface area contributed by atoms with Gasteiger partial charge in [0.15, 0.2) is 0 Å². The summed E-state index contributed by atoms with van der Waals surface area (Å²) in [6.07, 6.45) is 15.4. The molecule has 0 aromatic heterocycles. The van der Waals surface area contributed by atoms with Gasteiger partial charge in [0.05, 0.1) is 0 Å². The molecule has 0 atom stereocenters. The summed E-state index contributed by atoms with van der Waals surface area (Å²) in [5.41, 5.74) is 2.53. The quantitative estimate of drug-likeness (QED) is 0.613. The first-order chi connectivity index (χ1) is 6.79. The summed E-state index contributed by atoms with van der Waals surface area (Å²) in [6.45, 7) is 4.11. The predicted octanol–water partition coefficient (Wildman–Crippen LogP) is 3.63. The fraction of sp³-hybridized carbons (Fsp3) is 0.385. The van der Waals surface area contributed by atoms with E-state index in [2.05, 4.69) is 55.3 Å². The van der Waals surface area contributed by atoms with Crippen molar-refractivity contribution < 1.29 is 0 Å². The van der Waals surface area contributed by atoms with Crippen LogP contribution >= 0.6 is 0 Å². The number of nitrogens with zero attached hydrogens (tertiary/aromatic N) is 1. The topological polar surface area (TPSA) is 3.24 Å². The SMILES string of the molecule is C/C=C\C(=C/C)N(C)C1=CCCC=C1. The molecule has 0 amide bonds. The Bertz CT molecular complexity index is 288. The Labute approximate surface area is 87.1 Å². The average molecular weight is 189 g/mol. The van der Waals surface area contributed by atoms with Crippen molar-refractivity contribution in [1.82, 2.24) is 4.90 Å². The normalized spacial score (nSPS) is 17.4. The van der Waals surface area contributed by atoms with Crippen molar-refractivity contribution in [2.45, 2.75) is 26.7 Å². The van der Waals surface area contributed by atoms with Crippen molar-refractivity contribution in [2.24, 2.45) is 0 Å². The van der Waals surface area contributed by atoms with Crippen molar-refractivity contribution in [1.29, 1.82) is 0 Å². The highest BCUT2D eigenvalue weighted by Crippen LogP contribution is 2.17. The van der Waals surface area contributed by atoms with Crippen LogP contribution in [0.15, 0.2) is 47.9 Å². The maximum atomic E-state index is 2.28. The van der Waals surface area contributed by atoms with Crippen molar-refractivity contribution in [3.63, 3.8) is 0 Å². The zero-order valence-corrected chi connectivity index (χ0v) is 9.33. The maximum Gasteiger partial charge on any atom is 0.0364 e. The zero-order valence-electron chi connectivity index (χ0n) is 9.33. The van der Waals surface area contributed by atoms with Gasteiger partial charge in [-0.1, -0.05) is 24.3 Å². The summed E-state index contributed by atoms with van der Waals surface area (Å²) in [4.78, 5) is 2.22. The summed E-state index contributed by atoms with van der Waals surface area (Å²) in [5.74, 6) is 0. The minimum absolute atomic E-state index is 1.16. The summed E-state index contributed by atoms with van der Waals surface area (Å²) in [7, 11) is 2.11. The Morgan fingerprint density at radius 1 is 1.36 bits per heavy atom. The van der Waals surface area contributed by atoms with Crippen LogP contribution in [0.3, 0.4) is 0 Å². The fourth-order valence-electron chi connectivity index (χ4n) is 1.57. The molecule has 0 saturated heterocycles. The molecular weight excluding hydrogens is 170 g/mol. The molecule has 76 valence electrons. The largest absolute Gasteiger partial charge is 0.345 e. The molecule has 0 bridgehead atoms. The first-order valence-electron chi connectivity index (χ1n) is 5.19. The minimum Gasteiger partial charge on any atom is -0.345 e. The molecule has 0 saturated carbocycles. The van der Waals surface area contributed by atoms with Crippen molar-refractivity contribution in [3.8, 4) is 0 Å². The third-order valence-electron chi connectivity index (χ3n) is 2.38. The second-order valence-electron chi connectivity index (χ2n) is 3.38. The van der Waals surface area contributed by atoms with E-state index in [0.29, 0.717) is 0 Å². The predicted molar refractivity (Wildman–Crippen MR) is 62.8 cm³/mol. The average Bonchev–Trinajstić information content (AvgIpc) is 2.26. The van der Waals surface area contributed by atoms with Crippen LogP contribution in [-0.4, -0.2) is 11.9 Å². The standard InChI is InChI=1S/C13H19N/c1-4-9-12(5-2)14(3)13-10-7-6-8-11-13/h4-5,7,9-11H,6,8H2,1-3H3/b9-4-,12-5+. The molecule has 0 radical (unpaired) electrons. The molecule has 0 aromatic rings. The van der Waals surface area contributed by atoms with Crippen molar-refractivity contribution in [2.75, 3.05) is 7.05 Å². The van der Waals surface area contributed by atoms with E-state index in [1.54, 1.807) is 0 Å². The molecule has 0 heterocycles. The van der Waals surface area contributed by atoms with Crippen LogP contribution in [0.25, 0.3) is 0 Å². The molecule has 0 aromatic carbocycles. The lowest BCUT2D eigenvalue weighted by molar-refractivity contribution is 0.546. The lowest BCUT2D eigenvalue weighted by Gasteiger charge is -2.23. The highest BCUT2D eigenvalue weighted by Gasteiger charge is 2.05. The first kappa shape index (κ1) is 10.8. The Balaban J connectivity index is 2.77. The maximum absolute atomic E-state index is 2.28. The summed E-state index contributed by atoms with van der Waals surface area (Å²) >= 11 is 0. The number of hydrogen-bond acceptors (Lipinski definition) is 1. The van der Waals surface area contributed by atoms with E-state index in [4.69, 9.17) is 0 Å². The smallest absolute Gasteiger partial charge is 0.0364 e. The lowest BCUT2D eigenvalue weighted by atomic mass is 10.1. The van der Waals surface area contributed by atoms with Gasteiger partial charge in [0.25, 0.3) is 0 Å². The van der Waals surface area contributed by atoms with E-state index in [-0.39, 0.29) is 0 Å². The van der Waals surface area contributed by atoms with Crippen LogP contribution in [0.2, 0.25) is 0 Å². The summed E-state index contributed by atoms with van der Waals surface area (Å²) < 4.78 is 0. The molecule has 1 heteroatoms. The Hall–Kier alpha value is -1.24. The van der Waals surface area contributed by atoms with Crippen LogP contribution in [-0.2, 0) is 0 Å². The molecule has 1 aliphatic rings. The van der Waals surface area contributed by atoms with Gasteiger partial charge in [0, 0.05) is 18.4 Å². The first-order valence-corrected chi connectivity index (χ1v) is 5.19. The molecular formula is C13H19N. The van der Waals surface area contributed by atoms with Gasteiger partial charge in [0.2, 0.25) is 0 Å². The van der Waals surface area contributed by atoms with Crippen LogP contribution < -0.4 is 0 Å². The third kappa shape index (κ3) is 2.63.